The third-order valence-electron chi connectivity index (χ3n) is 5.26. The van der Waals surface area contributed by atoms with Gasteiger partial charge in [0.25, 0.3) is 5.91 Å². The highest BCUT2D eigenvalue weighted by Gasteiger charge is 2.30. The second-order valence-corrected chi connectivity index (χ2v) is 7.14. The number of hydrogen-bond acceptors (Lipinski definition) is 4. The summed E-state index contributed by atoms with van der Waals surface area (Å²) in [6.07, 6.45) is 8.28. The molecule has 27 heavy (non-hydrogen) atoms. The molecule has 4 rings (SSSR count). The van der Waals surface area contributed by atoms with E-state index in [2.05, 4.69) is 10.5 Å². The Balaban J connectivity index is 1.44. The van der Waals surface area contributed by atoms with E-state index in [0.29, 0.717) is 31.0 Å². The first kappa shape index (κ1) is 17.5. The minimum atomic E-state index is -0.193. The molecule has 0 saturated heterocycles. The highest BCUT2D eigenvalue weighted by molar-refractivity contribution is 5.95. The monoisotopic (exact) mass is 365 g/mol. The summed E-state index contributed by atoms with van der Waals surface area (Å²) in [5, 5.41) is 7.03. The van der Waals surface area contributed by atoms with Crippen LogP contribution in [0.1, 0.15) is 53.1 Å². The molecule has 1 aliphatic heterocycles. The third-order valence-corrected chi connectivity index (χ3v) is 5.26. The molecule has 1 N–H and O–H groups in total. The van der Waals surface area contributed by atoms with Crippen molar-refractivity contribution in [1.82, 2.24) is 15.4 Å². The Morgan fingerprint density at radius 1 is 1.19 bits per heavy atom. The van der Waals surface area contributed by atoms with Crippen molar-refractivity contribution in [1.29, 1.82) is 0 Å². The molecule has 0 radical (unpaired) electrons. The van der Waals surface area contributed by atoms with Crippen molar-refractivity contribution < 1.29 is 14.1 Å². The fraction of sp³-hybridized carbons (Fsp3) is 0.381. The van der Waals surface area contributed by atoms with Crippen molar-refractivity contribution in [3.8, 4) is 0 Å². The molecule has 0 spiro atoms. The Kier molecular flexibility index (Phi) is 5.05. The first-order valence-electron chi connectivity index (χ1n) is 9.51. The summed E-state index contributed by atoms with van der Waals surface area (Å²) < 4.78 is 5.36. The quantitative estimate of drug-likeness (QED) is 0.846. The number of hydrogen-bond donors (Lipinski definition) is 1. The van der Waals surface area contributed by atoms with Gasteiger partial charge < -0.3 is 14.7 Å². The Hall–Kier alpha value is -2.89. The average molecular weight is 365 g/mol. The molecule has 1 aromatic heterocycles. The van der Waals surface area contributed by atoms with E-state index < -0.39 is 0 Å². The molecule has 2 aliphatic rings. The lowest BCUT2D eigenvalue weighted by Crippen LogP contribution is -2.37. The molecule has 2 amide bonds. The number of rotatable bonds is 4. The summed E-state index contributed by atoms with van der Waals surface area (Å²) in [4.78, 5) is 26.8. The SMILES string of the molecule is O=C(NC1CCCC1)c1noc2c1CN(C(=O)/C=C/c1ccccc1)CC2. The first-order chi connectivity index (χ1) is 13.2. The van der Waals surface area contributed by atoms with Crippen LogP contribution in [0, 0.1) is 0 Å². The van der Waals surface area contributed by atoms with E-state index in [1.165, 1.54) is 0 Å². The van der Waals surface area contributed by atoms with Gasteiger partial charge in [-0.1, -0.05) is 48.3 Å². The lowest BCUT2D eigenvalue weighted by Gasteiger charge is -2.25. The highest BCUT2D eigenvalue weighted by atomic mass is 16.5. The van der Waals surface area contributed by atoms with E-state index in [0.717, 1.165) is 36.8 Å². The van der Waals surface area contributed by atoms with Crippen molar-refractivity contribution in [2.75, 3.05) is 6.54 Å². The summed E-state index contributed by atoms with van der Waals surface area (Å²) in [5.41, 5.74) is 2.03. The normalized spacial score (nSPS) is 17.3. The molecule has 1 saturated carbocycles. The largest absolute Gasteiger partial charge is 0.360 e. The smallest absolute Gasteiger partial charge is 0.274 e. The number of nitrogens with zero attached hydrogens (tertiary/aromatic N) is 2. The Labute approximate surface area is 158 Å². The predicted octanol–water partition coefficient (Wildman–Crippen LogP) is 2.95. The molecule has 2 heterocycles. The van der Waals surface area contributed by atoms with Gasteiger partial charge in [-0.25, -0.2) is 0 Å². The van der Waals surface area contributed by atoms with Gasteiger partial charge in [0.2, 0.25) is 5.91 Å². The molecule has 0 bridgehead atoms. The van der Waals surface area contributed by atoms with E-state index in [-0.39, 0.29) is 17.9 Å². The Bertz CT molecular complexity index is 851. The van der Waals surface area contributed by atoms with Gasteiger partial charge in [0, 0.05) is 30.6 Å². The van der Waals surface area contributed by atoms with E-state index in [4.69, 9.17) is 4.52 Å². The zero-order valence-corrected chi connectivity index (χ0v) is 15.2. The number of carbonyl (C=O) groups excluding carboxylic acids is 2. The van der Waals surface area contributed by atoms with Crippen LogP contribution in [-0.4, -0.2) is 34.5 Å². The maximum atomic E-state index is 12.6. The molecule has 6 nitrogen and oxygen atoms in total. The molecule has 2 aromatic rings. The van der Waals surface area contributed by atoms with Crippen molar-refractivity contribution in [2.45, 2.75) is 44.7 Å². The number of aromatic nitrogens is 1. The number of nitrogens with one attached hydrogen (secondary N) is 1. The van der Waals surface area contributed by atoms with Crippen LogP contribution in [0.5, 0.6) is 0 Å². The topological polar surface area (TPSA) is 75.4 Å². The molecule has 140 valence electrons. The molecule has 0 atom stereocenters. The van der Waals surface area contributed by atoms with Gasteiger partial charge in [0.15, 0.2) is 5.69 Å². The van der Waals surface area contributed by atoms with Gasteiger partial charge in [-0.05, 0) is 24.5 Å². The summed E-state index contributed by atoms with van der Waals surface area (Å²) in [6, 6.07) is 9.93. The Morgan fingerprint density at radius 2 is 1.96 bits per heavy atom. The minimum Gasteiger partial charge on any atom is -0.360 e. The number of carbonyl (C=O) groups is 2. The van der Waals surface area contributed by atoms with Gasteiger partial charge >= 0.3 is 0 Å². The van der Waals surface area contributed by atoms with Crippen molar-refractivity contribution in [3.05, 3.63) is 59.0 Å². The summed E-state index contributed by atoms with van der Waals surface area (Å²) in [6.45, 7) is 0.911. The van der Waals surface area contributed by atoms with Crippen molar-refractivity contribution in [2.24, 2.45) is 0 Å². The van der Waals surface area contributed by atoms with Crippen LogP contribution >= 0.6 is 0 Å². The predicted molar refractivity (Wildman–Crippen MR) is 101 cm³/mol. The van der Waals surface area contributed by atoms with Crippen molar-refractivity contribution in [3.63, 3.8) is 0 Å². The van der Waals surface area contributed by atoms with Crippen LogP contribution < -0.4 is 5.32 Å². The Morgan fingerprint density at radius 3 is 2.74 bits per heavy atom. The first-order valence-corrected chi connectivity index (χ1v) is 9.51. The molecular formula is C21H23N3O3. The van der Waals surface area contributed by atoms with Crippen LogP contribution in [0.2, 0.25) is 0 Å². The van der Waals surface area contributed by atoms with Gasteiger partial charge in [-0.2, -0.15) is 0 Å². The lowest BCUT2D eigenvalue weighted by atomic mass is 10.0. The summed E-state index contributed by atoms with van der Waals surface area (Å²) >= 11 is 0. The fourth-order valence-electron chi connectivity index (χ4n) is 3.74. The fourth-order valence-corrected chi connectivity index (χ4v) is 3.74. The van der Waals surface area contributed by atoms with Gasteiger partial charge in [-0.15, -0.1) is 0 Å². The molecular weight excluding hydrogens is 342 g/mol. The highest BCUT2D eigenvalue weighted by Crippen LogP contribution is 2.24. The minimum absolute atomic E-state index is 0.0761. The van der Waals surface area contributed by atoms with E-state index in [9.17, 15) is 9.59 Å². The van der Waals surface area contributed by atoms with Crippen LogP contribution in [0.25, 0.3) is 6.08 Å². The van der Waals surface area contributed by atoms with Crippen LogP contribution in [0.4, 0.5) is 0 Å². The average Bonchev–Trinajstić information content (AvgIpc) is 3.36. The molecule has 6 heteroatoms. The number of benzene rings is 1. The van der Waals surface area contributed by atoms with Crippen LogP contribution in [-0.2, 0) is 17.8 Å². The summed E-state index contributed by atoms with van der Waals surface area (Å²) in [5.74, 6) is 0.441. The molecule has 1 aliphatic carbocycles. The van der Waals surface area contributed by atoms with Crippen LogP contribution in [0.15, 0.2) is 40.9 Å². The second kappa shape index (κ2) is 7.78. The van der Waals surface area contributed by atoms with Gasteiger partial charge in [-0.3, -0.25) is 9.59 Å². The lowest BCUT2D eigenvalue weighted by molar-refractivity contribution is -0.126. The van der Waals surface area contributed by atoms with Gasteiger partial charge in [0.1, 0.15) is 5.76 Å². The maximum absolute atomic E-state index is 12.6. The van der Waals surface area contributed by atoms with E-state index in [1.807, 2.05) is 30.3 Å². The summed E-state index contributed by atoms with van der Waals surface area (Å²) in [7, 11) is 0. The van der Waals surface area contributed by atoms with E-state index in [1.54, 1.807) is 17.1 Å². The number of amides is 2. The standard InChI is InChI=1S/C21H23N3O3/c25-19(11-10-15-6-2-1-3-7-15)24-13-12-18-17(14-24)20(23-27-18)21(26)22-16-8-4-5-9-16/h1-3,6-7,10-11,16H,4-5,8-9,12-14H2,(H,22,26)/b11-10+. The zero-order valence-electron chi connectivity index (χ0n) is 15.2. The number of fused-ring (bicyclic) bond motifs is 1. The zero-order chi connectivity index (χ0) is 18.6. The third kappa shape index (κ3) is 3.94. The second-order valence-electron chi connectivity index (χ2n) is 7.14. The van der Waals surface area contributed by atoms with Gasteiger partial charge in [0.05, 0.1) is 6.54 Å². The molecule has 1 fully saturated rings. The van der Waals surface area contributed by atoms with Crippen LogP contribution in [0.3, 0.4) is 0 Å². The van der Waals surface area contributed by atoms with Crippen molar-refractivity contribution >= 4 is 17.9 Å². The molecule has 1 aromatic carbocycles. The van der Waals surface area contributed by atoms with E-state index >= 15 is 0 Å². The maximum Gasteiger partial charge on any atom is 0.274 e. The molecule has 0 unspecified atom stereocenters.